The molecule has 0 radical (unpaired) electrons. The van der Waals surface area contributed by atoms with Gasteiger partial charge in [-0.15, -0.1) is 0 Å². The Balaban J connectivity index is 1.60. The van der Waals surface area contributed by atoms with Crippen LogP contribution in [-0.4, -0.2) is 96.7 Å². The van der Waals surface area contributed by atoms with Crippen LogP contribution in [0.15, 0.2) is 41.5 Å². The predicted octanol–water partition coefficient (Wildman–Crippen LogP) is -0.758. The van der Waals surface area contributed by atoms with E-state index in [0.29, 0.717) is 62.8 Å². The number of nitrogens with zero attached hydrogens (tertiary/aromatic N) is 5. The summed E-state index contributed by atoms with van der Waals surface area (Å²) in [6.45, 7) is 6.78. The van der Waals surface area contributed by atoms with E-state index in [1.54, 1.807) is 67.2 Å². The monoisotopic (exact) mass is 484 g/mol. The number of hydrogen-bond donors (Lipinski definition) is 3. The van der Waals surface area contributed by atoms with Crippen LogP contribution in [0.2, 0.25) is 0 Å². The molecule has 1 unspecified atom stereocenters. The van der Waals surface area contributed by atoms with E-state index in [-0.39, 0.29) is 17.9 Å². The summed E-state index contributed by atoms with van der Waals surface area (Å²) in [4.78, 5) is 47.8. The molecule has 6 N–H and O–H groups in total. The minimum absolute atomic E-state index is 0.0162. The molecule has 0 aromatic heterocycles. The molecule has 11 nitrogen and oxygen atoms in total. The number of likely N-dealkylation sites (tertiary alicyclic amines) is 1. The molecule has 1 atom stereocenters. The summed E-state index contributed by atoms with van der Waals surface area (Å²) in [5.41, 5.74) is 18.2. The lowest BCUT2D eigenvalue weighted by molar-refractivity contribution is -0.137. The van der Waals surface area contributed by atoms with Crippen molar-refractivity contribution in [3.05, 3.63) is 42.1 Å². The lowest BCUT2D eigenvalue weighted by atomic mass is 10.0. The number of hydrogen-bond acceptors (Lipinski definition) is 7. The zero-order valence-corrected chi connectivity index (χ0v) is 20.6. The standard InChI is InChI=1S/C24H36N8O3/c1-24(2,27)23(35)30-12-10-29(11-13-30)20(28-3)8-9-31(16-33)19-6-4-17(5-7-19)21(26)22(34)32-14-18(25)15-32/h4-9,16,18,21H,10-15,25-27H2,1-3H3/b9-8-,28-20+. The van der Waals surface area contributed by atoms with Crippen molar-refractivity contribution in [1.82, 2.24) is 14.7 Å². The molecule has 0 bridgehead atoms. The number of carbonyl (C=O) groups excluding carboxylic acids is 3. The topological polar surface area (TPSA) is 155 Å². The average molecular weight is 485 g/mol. The third-order valence-corrected chi connectivity index (χ3v) is 6.21. The molecule has 3 amide bonds. The van der Waals surface area contributed by atoms with Crippen LogP contribution >= 0.6 is 0 Å². The molecule has 0 saturated carbocycles. The highest BCUT2D eigenvalue weighted by Crippen LogP contribution is 2.21. The first-order valence-corrected chi connectivity index (χ1v) is 11.7. The molecule has 3 rings (SSSR count). The van der Waals surface area contributed by atoms with Gasteiger partial charge in [-0.2, -0.15) is 0 Å². The molecule has 1 aromatic rings. The van der Waals surface area contributed by atoms with Gasteiger partial charge in [-0.1, -0.05) is 12.1 Å². The minimum Gasteiger partial charge on any atom is -0.353 e. The molecule has 190 valence electrons. The Bertz CT molecular complexity index is 971. The number of amides is 3. The summed E-state index contributed by atoms with van der Waals surface area (Å²) in [7, 11) is 1.68. The Kier molecular flexibility index (Phi) is 8.26. The van der Waals surface area contributed by atoms with Crippen LogP contribution in [0.4, 0.5) is 5.69 Å². The Morgan fingerprint density at radius 3 is 2.14 bits per heavy atom. The van der Waals surface area contributed by atoms with Gasteiger partial charge in [-0.3, -0.25) is 24.3 Å². The molecule has 1 aromatic carbocycles. The number of rotatable bonds is 7. The van der Waals surface area contributed by atoms with E-state index in [0.717, 1.165) is 0 Å². The first-order valence-electron chi connectivity index (χ1n) is 11.7. The quantitative estimate of drug-likeness (QED) is 0.261. The lowest BCUT2D eigenvalue weighted by Crippen LogP contribution is -2.59. The smallest absolute Gasteiger partial charge is 0.244 e. The third-order valence-electron chi connectivity index (χ3n) is 6.21. The second-order valence-corrected chi connectivity index (χ2v) is 9.48. The normalized spacial score (nSPS) is 18.5. The van der Waals surface area contributed by atoms with Crippen molar-refractivity contribution in [3.8, 4) is 0 Å². The number of carbonyl (C=O) groups is 3. The second-order valence-electron chi connectivity index (χ2n) is 9.48. The molecule has 2 heterocycles. The molecule has 2 saturated heterocycles. The molecule has 11 heteroatoms. The summed E-state index contributed by atoms with van der Waals surface area (Å²) in [6, 6.07) is 6.21. The number of nitrogens with two attached hydrogens (primary N) is 3. The van der Waals surface area contributed by atoms with Gasteiger partial charge in [-0.05, 0) is 37.6 Å². The number of amidine groups is 1. The van der Waals surface area contributed by atoms with Gasteiger partial charge in [0.15, 0.2) is 0 Å². The molecule has 2 aliphatic heterocycles. The van der Waals surface area contributed by atoms with E-state index in [1.165, 1.54) is 4.90 Å². The van der Waals surface area contributed by atoms with E-state index < -0.39 is 11.6 Å². The Morgan fingerprint density at radius 2 is 1.66 bits per heavy atom. The van der Waals surface area contributed by atoms with Gasteiger partial charge in [-0.25, -0.2) is 0 Å². The predicted molar refractivity (Wildman–Crippen MR) is 135 cm³/mol. The van der Waals surface area contributed by atoms with Crippen molar-refractivity contribution in [3.63, 3.8) is 0 Å². The van der Waals surface area contributed by atoms with Crippen LogP contribution in [0.1, 0.15) is 25.5 Å². The molecule has 0 spiro atoms. The maximum absolute atomic E-state index is 12.4. The van der Waals surface area contributed by atoms with Gasteiger partial charge < -0.3 is 31.9 Å². The highest BCUT2D eigenvalue weighted by atomic mass is 16.2. The summed E-state index contributed by atoms with van der Waals surface area (Å²) >= 11 is 0. The zero-order chi connectivity index (χ0) is 25.8. The zero-order valence-electron chi connectivity index (χ0n) is 20.6. The lowest BCUT2D eigenvalue weighted by Gasteiger charge is -2.38. The van der Waals surface area contributed by atoms with Gasteiger partial charge in [0.25, 0.3) is 0 Å². The second kappa shape index (κ2) is 11.0. The SMILES string of the molecule is C/N=C(\C=C/N(C=O)c1ccc(C(N)C(=O)N2CC(N)C2)cc1)N1CCN(C(=O)C(C)(C)N)CC1. The number of piperazine rings is 1. The molecular weight excluding hydrogens is 448 g/mol. The van der Waals surface area contributed by atoms with Crippen molar-refractivity contribution in [2.45, 2.75) is 31.5 Å². The van der Waals surface area contributed by atoms with Crippen LogP contribution in [0, 0.1) is 0 Å². The summed E-state index contributed by atoms with van der Waals surface area (Å²) in [5, 5.41) is 0. The minimum atomic E-state index is -0.899. The third kappa shape index (κ3) is 6.24. The maximum atomic E-state index is 12.4. The van der Waals surface area contributed by atoms with Gasteiger partial charge >= 0.3 is 0 Å². The van der Waals surface area contributed by atoms with Crippen LogP contribution in [0.5, 0.6) is 0 Å². The Hall–Kier alpha value is -3.28. The highest BCUT2D eigenvalue weighted by molar-refractivity contribution is 5.94. The van der Waals surface area contributed by atoms with E-state index >= 15 is 0 Å². The summed E-state index contributed by atoms with van der Waals surface area (Å²) in [5.74, 6) is 0.466. The van der Waals surface area contributed by atoms with Gasteiger partial charge in [0.05, 0.1) is 5.54 Å². The van der Waals surface area contributed by atoms with E-state index in [9.17, 15) is 14.4 Å². The molecule has 35 heavy (non-hydrogen) atoms. The first kappa shape index (κ1) is 26.3. The maximum Gasteiger partial charge on any atom is 0.244 e. The van der Waals surface area contributed by atoms with E-state index in [2.05, 4.69) is 9.89 Å². The first-order chi connectivity index (χ1) is 16.5. The van der Waals surface area contributed by atoms with Crippen LogP contribution in [0.25, 0.3) is 0 Å². The van der Waals surface area contributed by atoms with Crippen molar-refractivity contribution in [1.29, 1.82) is 0 Å². The van der Waals surface area contributed by atoms with Crippen molar-refractivity contribution in [2.75, 3.05) is 51.2 Å². The largest absolute Gasteiger partial charge is 0.353 e. The Morgan fingerprint density at radius 1 is 1.09 bits per heavy atom. The van der Waals surface area contributed by atoms with Crippen molar-refractivity contribution < 1.29 is 14.4 Å². The molecule has 0 aliphatic carbocycles. The van der Waals surface area contributed by atoms with Crippen molar-refractivity contribution in [2.24, 2.45) is 22.2 Å². The van der Waals surface area contributed by atoms with E-state index in [4.69, 9.17) is 17.2 Å². The van der Waals surface area contributed by atoms with Gasteiger partial charge in [0.2, 0.25) is 18.2 Å². The van der Waals surface area contributed by atoms with Gasteiger partial charge in [0, 0.05) is 64.2 Å². The highest BCUT2D eigenvalue weighted by Gasteiger charge is 2.32. The summed E-state index contributed by atoms with van der Waals surface area (Å²) < 4.78 is 0. The van der Waals surface area contributed by atoms with Crippen LogP contribution in [0.3, 0.4) is 0 Å². The molecule has 2 fully saturated rings. The molecular formula is C24H36N8O3. The number of aliphatic imine (C=N–C) groups is 1. The fourth-order valence-corrected chi connectivity index (χ4v) is 4.08. The molecule has 2 aliphatic rings. The van der Waals surface area contributed by atoms with Crippen molar-refractivity contribution >= 4 is 29.7 Å². The summed E-state index contributed by atoms with van der Waals surface area (Å²) in [6.07, 6.45) is 4.09. The fourth-order valence-electron chi connectivity index (χ4n) is 4.08. The van der Waals surface area contributed by atoms with Gasteiger partial charge in [0.1, 0.15) is 11.9 Å². The average Bonchev–Trinajstić information content (AvgIpc) is 2.83. The number of benzene rings is 1. The van der Waals surface area contributed by atoms with Crippen LogP contribution in [-0.2, 0) is 14.4 Å². The Labute approximate surface area is 206 Å². The van der Waals surface area contributed by atoms with E-state index in [1.807, 2.05) is 0 Å². The fraction of sp³-hybridized carbons (Fsp3) is 0.500. The number of anilines is 1. The van der Waals surface area contributed by atoms with Crippen LogP contribution < -0.4 is 22.1 Å².